The summed E-state index contributed by atoms with van der Waals surface area (Å²) >= 11 is 5.09. The summed E-state index contributed by atoms with van der Waals surface area (Å²) in [5, 5.41) is 6.41. The SMILES string of the molecule is CCc1ccc(N[C@H]2NC(=O)/C(=C/c3cc(C)n(-c4ccc(Br)c(C)c4)c3C)S2)cc1. The summed E-state index contributed by atoms with van der Waals surface area (Å²) in [6.45, 7) is 8.42. The van der Waals surface area contributed by atoms with Crippen molar-refractivity contribution in [3.63, 3.8) is 0 Å². The highest BCUT2D eigenvalue weighted by Gasteiger charge is 2.27. The Morgan fingerprint density at radius 3 is 2.55 bits per heavy atom. The van der Waals surface area contributed by atoms with Crippen LogP contribution in [0.4, 0.5) is 5.69 Å². The largest absolute Gasteiger partial charge is 0.357 e. The molecule has 1 saturated heterocycles. The lowest BCUT2D eigenvalue weighted by Crippen LogP contribution is -2.30. The van der Waals surface area contributed by atoms with Crippen LogP contribution in [0.15, 0.2) is 57.9 Å². The number of rotatable bonds is 5. The van der Waals surface area contributed by atoms with Crippen molar-refractivity contribution in [1.29, 1.82) is 0 Å². The van der Waals surface area contributed by atoms with E-state index in [0.717, 1.165) is 44.1 Å². The number of hydrogen-bond donors (Lipinski definition) is 2. The Balaban J connectivity index is 1.55. The van der Waals surface area contributed by atoms with Crippen LogP contribution in [0.2, 0.25) is 0 Å². The standard InChI is InChI=1S/C25H26BrN3OS/c1-5-18-6-8-20(9-7-18)27-25-28-24(30)23(31-25)14-19-13-16(3)29(17(19)4)21-10-11-22(26)15(2)12-21/h6-14,25,27H,5H2,1-4H3,(H,28,30)/b23-14-/t25-/m0/s1. The zero-order valence-corrected chi connectivity index (χ0v) is 20.5. The maximum Gasteiger partial charge on any atom is 0.260 e. The van der Waals surface area contributed by atoms with E-state index in [2.05, 4.69) is 107 Å². The van der Waals surface area contributed by atoms with Gasteiger partial charge in [-0.15, -0.1) is 0 Å². The van der Waals surface area contributed by atoms with E-state index in [0.29, 0.717) is 0 Å². The number of aryl methyl sites for hydroxylation is 3. The molecule has 2 N–H and O–H groups in total. The molecule has 0 bridgehead atoms. The number of anilines is 1. The van der Waals surface area contributed by atoms with Crippen molar-refractivity contribution in [2.75, 3.05) is 5.32 Å². The molecule has 0 saturated carbocycles. The van der Waals surface area contributed by atoms with Crippen LogP contribution in [-0.4, -0.2) is 16.0 Å². The monoisotopic (exact) mass is 495 g/mol. The van der Waals surface area contributed by atoms with E-state index in [9.17, 15) is 4.79 Å². The fourth-order valence-electron chi connectivity index (χ4n) is 3.79. The van der Waals surface area contributed by atoms with Crippen LogP contribution in [0.25, 0.3) is 11.8 Å². The second-order valence-corrected chi connectivity index (χ2v) is 9.77. The van der Waals surface area contributed by atoms with Crippen LogP contribution in [0.5, 0.6) is 0 Å². The molecule has 0 aliphatic carbocycles. The van der Waals surface area contributed by atoms with Crippen molar-refractivity contribution in [1.82, 2.24) is 9.88 Å². The van der Waals surface area contributed by atoms with Crippen LogP contribution in [0.1, 0.15) is 35.0 Å². The van der Waals surface area contributed by atoms with Gasteiger partial charge in [0.2, 0.25) is 0 Å². The van der Waals surface area contributed by atoms with Gasteiger partial charge in [0.1, 0.15) is 0 Å². The third kappa shape index (κ3) is 4.60. The third-order valence-corrected chi connectivity index (χ3v) is 7.47. The Kier molecular flexibility index (Phi) is 6.30. The number of benzene rings is 2. The van der Waals surface area contributed by atoms with Gasteiger partial charge in [0, 0.05) is 27.2 Å². The maximum atomic E-state index is 12.6. The summed E-state index contributed by atoms with van der Waals surface area (Å²) in [4.78, 5) is 13.3. The van der Waals surface area contributed by atoms with Gasteiger partial charge in [-0.05, 0) is 86.4 Å². The number of nitrogens with zero attached hydrogens (tertiary/aromatic N) is 1. The van der Waals surface area contributed by atoms with Gasteiger partial charge in [-0.25, -0.2) is 0 Å². The normalized spacial score (nSPS) is 17.3. The predicted octanol–water partition coefficient (Wildman–Crippen LogP) is 6.33. The first-order valence-corrected chi connectivity index (χ1v) is 12.0. The molecular weight excluding hydrogens is 470 g/mol. The van der Waals surface area contributed by atoms with Crippen LogP contribution in [-0.2, 0) is 11.2 Å². The molecule has 1 aromatic heterocycles. The van der Waals surface area contributed by atoms with Crippen molar-refractivity contribution < 1.29 is 4.79 Å². The second-order valence-electron chi connectivity index (χ2n) is 7.77. The Morgan fingerprint density at radius 1 is 1.13 bits per heavy atom. The number of carbonyl (C=O) groups excluding carboxylic acids is 1. The summed E-state index contributed by atoms with van der Waals surface area (Å²) < 4.78 is 3.33. The number of aromatic nitrogens is 1. The lowest BCUT2D eigenvalue weighted by molar-refractivity contribution is -0.116. The highest BCUT2D eigenvalue weighted by Crippen LogP contribution is 2.32. The lowest BCUT2D eigenvalue weighted by atomic mass is 10.1. The van der Waals surface area contributed by atoms with E-state index in [1.54, 1.807) is 0 Å². The van der Waals surface area contributed by atoms with Gasteiger partial charge in [-0.2, -0.15) is 0 Å². The molecule has 1 atom stereocenters. The van der Waals surface area contributed by atoms with Gasteiger partial charge in [-0.1, -0.05) is 46.7 Å². The highest BCUT2D eigenvalue weighted by atomic mass is 79.9. The fourth-order valence-corrected chi connectivity index (χ4v) is 5.02. The number of nitrogens with one attached hydrogen (secondary N) is 2. The fraction of sp³-hybridized carbons (Fsp3) is 0.240. The zero-order valence-electron chi connectivity index (χ0n) is 18.1. The summed E-state index contributed by atoms with van der Waals surface area (Å²) in [5.41, 5.74) is 7.75. The first kappa shape index (κ1) is 21.8. The Hall–Kier alpha value is -2.44. The molecule has 6 heteroatoms. The van der Waals surface area contributed by atoms with E-state index in [1.807, 2.05) is 6.08 Å². The molecule has 0 radical (unpaired) electrons. The van der Waals surface area contributed by atoms with E-state index >= 15 is 0 Å². The number of halogens is 1. The second kappa shape index (κ2) is 8.97. The van der Waals surface area contributed by atoms with Crippen LogP contribution in [0, 0.1) is 20.8 Å². The average molecular weight is 496 g/mol. The first-order chi connectivity index (χ1) is 14.9. The van der Waals surface area contributed by atoms with Gasteiger partial charge in [-0.3, -0.25) is 4.79 Å². The molecule has 1 aliphatic rings. The van der Waals surface area contributed by atoms with E-state index in [1.165, 1.54) is 22.9 Å². The molecule has 0 unspecified atom stereocenters. The average Bonchev–Trinajstić information content (AvgIpc) is 3.23. The van der Waals surface area contributed by atoms with Gasteiger partial charge in [0.15, 0.2) is 5.50 Å². The molecule has 1 fully saturated rings. The van der Waals surface area contributed by atoms with Crippen LogP contribution >= 0.6 is 27.7 Å². The smallest absolute Gasteiger partial charge is 0.260 e. The van der Waals surface area contributed by atoms with Crippen LogP contribution < -0.4 is 10.6 Å². The first-order valence-electron chi connectivity index (χ1n) is 10.4. The molecular formula is C25H26BrN3OS. The summed E-state index contributed by atoms with van der Waals surface area (Å²) in [6.07, 6.45) is 3.01. The topological polar surface area (TPSA) is 46.1 Å². The Labute approximate surface area is 196 Å². The molecule has 3 aromatic rings. The van der Waals surface area contributed by atoms with Crippen molar-refractivity contribution in [2.45, 2.75) is 39.6 Å². The maximum absolute atomic E-state index is 12.6. The van der Waals surface area contributed by atoms with Gasteiger partial charge in [0.25, 0.3) is 5.91 Å². The lowest BCUT2D eigenvalue weighted by Gasteiger charge is -2.13. The molecule has 4 nitrogen and oxygen atoms in total. The van der Waals surface area contributed by atoms with E-state index < -0.39 is 0 Å². The Morgan fingerprint density at radius 2 is 1.87 bits per heavy atom. The Bertz CT molecular complexity index is 1160. The number of thioether (sulfide) groups is 1. The molecule has 1 aliphatic heterocycles. The van der Waals surface area contributed by atoms with Crippen molar-refractivity contribution in [3.05, 3.63) is 86.0 Å². The quantitative estimate of drug-likeness (QED) is 0.406. The minimum Gasteiger partial charge on any atom is -0.357 e. The number of hydrogen-bond acceptors (Lipinski definition) is 3. The molecule has 0 spiro atoms. The molecule has 31 heavy (non-hydrogen) atoms. The number of carbonyl (C=O) groups is 1. The summed E-state index contributed by atoms with van der Waals surface area (Å²) in [7, 11) is 0. The molecule has 4 rings (SSSR count). The van der Waals surface area contributed by atoms with E-state index in [4.69, 9.17) is 0 Å². The highest BCUT2D eigenvalue weighted by molar-refractivity contribution is 9.10. The van der Waals surface area contributed by atoms with E-state index in [-0.39, 0.29) is 11.4 Å². The van der Waals surface area contributed by atoms with Crippen molar-refractivity contribution >= 4 is 45.4 Å². The minimum absolute atomic E-state index is 0.0445. The molecule has 160 valence electrons. The summed E-state index contributed by atoms with van der Waals surface area (Å²) in [5.74, 6) is -0.0445. The van der Waals surface area contributed by atoms with Crippen LogP contribution in [0.3, 0.4) is 0 Å². The minimum atomic E-state index is -0.177. The molecule has 1 amide bonds. The predicted molar refractivity (Wildman–Crippen MR) is 135 cm³/mol. The summed E-state index contributed by atoms with van der Waals surface area (Å²) in [6, 6.07) is 16.8. The molecule has 2 aromatic carbocycles. The zero-order chi connectivity index (χ0) is 22.1. The molecule has 2 heterocycles. The third-order valence-electron chi connectivity index (χ3n) is 5.55. The van der Waals surface area contributed by atoms with Gasteiger partial charge < -0.3 is 15.2 Å². The van der Waals surface area contributed by atoms with Crippen molar-refractivity contribution in [3.8, 4) is 5.69 Å². The van der Waals surface area contributed by atoms with Crippen molar-refractivity contribution in [2.24, 2.45) is 0 Å². The van der Waals surface area contributed by atoms with Gasteiger partial charge >= 0.3 is 0 Å². The number of amides is 1. The van der Waals surface area contributed by atoms with Gasteiger partial charge in [0.05, 0.1) is 4.91 Å².